The Bertz CT molecular complexity index is 183. The molecule has 0 spiro atoms. The van der Waals surface area contributed by atoms with Gasteiger partial charge in [0.15, 0.2) is 0 Å². The highest BCUT2D eigenvalue weighted by Gasteiger charge is 2.45. The fourth-order valence-electron chi connectivity index (χ4n) is 1.67. The molecule has 0 aliphatic carbocycles. The van der Waals surface area contributed by atoms with E-state index < -0.39 is 7.95 Å². The van der Waals surface area contributed by atoms with Crippen LogP contribution in [0.4, 0.5) is 0 Å². The fourth-order valence-corrected chi connectivity index (χ4v) is 6.16. The van der Waals surface area contributed by atoms with Crippen LogP contribution in [0.25, 0.3) is 0 Å². The van der Waals surface area contributed by atoms with Crippen molar-refractivity contribution < 1.29 is 13.3 Å². The summed E-state index contributed by atoms with van der Waals surface area (Å²) in [6.07, 6.45) is 0. The van der Waals surface area contributed by atoms with E-state index in [0.717, 1.165) is 25.4 Å². The maximum Gasteiger partial charge on any atom is 0.573 e. The zero-order chi connectivity index (χ0) is 10.6. The first-order valence-corrected chi connectivity index (χ1v) is 8.76. The number of fused-ring (bicyclic) bond motifs is 6. The quantitative estimate of drug-likeness (QED) is 0.732. The van der Waals surface area contributed by atoms with Gasteiger partial charge in [-0.1, -0.05) is 11.2 Å². The van der Waals surface area contributed by atoms with Gasteiger partial charge in [-0.25, -0.2) is 0 Å². The minimum Gasteiger partial charge on any atom is -0.364 e. The monoisotopic (exact) mass is 286 g/mol. The van der Waals surface area contributed by atoms with Gasteiger partial charge in [0.25, 0.3) is 0 Å². The van der Waals surface area contributed by atoms with Crippen molar-refractivity contribution >= 4 is 31.6 Å². The van der Waals surface area contributed by atoms with Crippen LogP contribution in [-0.2, 0) is 13.3 Å². The maximum atomic E-state index is 5.80. The predicted octanol–water partition coefficient (Wildman–Crippen LogP) is -0.0853. The Hall–Kier alpha value is 0.657. The van der Waals surface area contributed by atoms with Crippen LogP contribution in [-0.4, -0.2) is 64.6 Å². The molecule has 0 unspecified atom stereocenters. The van der Waals surface area contributed by atoms with E-state index in [4.69, 9.17) is 19.0 Å². The molecular formula is C8H19ClN2O3SSi. The van der Waals surface area contributed by atoms with E-state index in [9.17, 15) is 0 Å². The first-order chi connectivity index (χ1) is 7.35. The van der Waals surface area contributed by atoms with Crippen LogP contribution in [0.3, 0.4) is 0 Å². The van der Waals surface area contributed by atoms with Gasteiger partial charge < -0.3 is 19.0 Å². The number of hydrogen-bond donors (Lipinski definition) is 1. The van der Waals surface area contributed by atoms with Gasteiger partial charge >= 0.3 is 7.95 Å². The minimum absolute atomic E-state index is 0. The number of hydrogen-bond acceptors (Lipinski definition) is 6. The van der Waals surface area contributed by atoms with Crippen LogP contribution < -0.4 is 5.73 Å². The molecule has 0 aromatic carbocycles. The van der Waals surface area contributed by atoms with E-state index >= 15 is 0 Å². The molecule has 0 aromatic heterocycles. The summed E-state index contributed by atoms with van der Waals surface area (Å²) in [5, 5.41) is 0. The minimum atomic E-state index is -2.44. The molecule has 16 heavy (non-hydrogen) atoms. The summed E-state index contributed by atoms with van der Waals surface area (Å²) in [6.45, 7) is 5.75. The van der Waals surface area contributed by atoms with Gasteiger partial charge in [0.2, 0.25) is 0 Å². The lowest BCUT2D eigenvalue weighted by molar-refractivity contribution is 0.00867. The van der Waals surface area contributed by atoms with Crippen molar-refractivity contribution in [3.63, 3.8) is 0 Å². The van der Waals surface area contributed by atoms with Crippen LogP contribution >= 0.6 is 23.6 Å². The molecule has 3 saturated heterocycles. The Labute approximate surface area is 107 Å². The summed E-state index contributed by atoms with van der Waals surface area (Å²) in [4.78, 5) is 2.31. The molecule has 3 heterocycles. The molecule has 8 heteroatoms. The summed E-state index contributed by atoms with van der Waals surface area (Å²) < 4.78 is 17.4. The van der Waals surface area contributed by atoms with Gasteiger partial charge in [-0.05, 0) is 0 Å². The highest BCUT2D eigenvalue weighted by Crippen LogP contribution is 2.26. The summed E-state index contributed by atoms with van der Waals surface area (Å²) >= 11 is 1.65. The highest BCUT2D eigenvalue weighted by atomic mass is 35.5. The van der Waals surface area contributed by atoms with E-state index in [1.165, 1.54) is 0 Å². The Morgan fingerprint density at radius 3 is 2.00 bits per heavy atom. The van der Waals surface area contributed by atoms with Gasteiger partial charge in [0.05, 0.1) is 19.8 Å². The average Bonchev–Trinajstić information content (AvgIpc) is 2.14. The summed E-state index contributed by atoms with van der Waals surface area (Å²) in [5.74, 6) is 0.843. The standard InChI is InChI=1S/C8H18N2O3SSi.ClH/c9-1-8-14-15-11-5-2-10(3-6-12-15)4-7-13-15;/h1-9H2;1H. The van der Waals surface area contributed by atoms with Crippen LogP contribution in [0.5, 0.6) is 0 Å². The molecule has 2 bridgehead atoms. The van der Waals surface area contributed by atoms with Crippen molar-refractivity contribution in [2.24, 2.45) is 5.73 Å². The Morgan fingerprint density at radius 2 is 1.56 bits per heavy atom. The molecule has 3 aliphatic heterocycles. The summed E-state index contributed by atoms with van der Waals surface area (Å²) in [5.41, 5.74) is 5.51. The first-order valence-electron chi connectivity index (χ1n) is 5.33. The van der Waals surface area contributed by atoms with E-state index in [0.29, 0.717) is 26.4 Å². The van der Waals surface area contributed by atoms with Crippen molar-refractivity contribution in [3.05, 3.63) is 0 Å². The average molecular weight is 287 g/mol. The number of rotatable bonds is 3. The number of nitrogens with zero attached hydrogens (tertiary/aromatic N) is 1. The van der Waals surface area contributed by atoms with Crippen molar-refractivity contribution in [2.75, 3.05) is 51.8 Å². The van der Waals surface area contributed by atoms with E-state index in [1.807, 2.05) is 0 Å². The zero-order valence-electron chi connectivity index (χ0n) is 9.22. The molecule has 0 aromatic rings. The lowest BCUT2D eigenvalue weighted by Crippen LogP contribution is -2.53. The normalized spacial score (nSPS) is 34.7. The van der Waals surface area contributed by atoms with Crippen LogP contribution in [0, 0.1) is 0 Å². The molecule has 0 amide bonds. The Morgan fingerprint density at radius 1 is 1.06 bits per heavy atom. The molecule has 0 radical (unpaired) electrons. The predicted molar refractivity (Wildman–Crippen MR) is 68.8 cm³/mol. The van der Waals surface area contributed by atoms with Crippen molar-refractivity contribution in [3.8, 4) is 0 Å². The molecule has 3 fully saturated rings. The summed E-state index contributed by atoms with van der Waals surface area (Å²) in [6, 6.07) is 0. The lowest BCUT2D eigenvalue weighted by atomic mass is 10.4. The van der Waals surface area contributed by atoms with Crippen LogP contribution in [0.1, 0.15) is 0 Å². The van der Waals surface area contributed by atoms with E-state index in [1.54, 1.807) is 11.2 Å². The molecule has 96 valence electrons. The van der Waals surface area contributed by atoms with Crippen LogP contribution in [0.15, 0.2) is 0 Å². The molecular weight excluding hydrogens is 268 g/mol. The van der Waals surface area contributed by atoms with Gasteiger partial charge in [0.1, 0.15) is 0 Å². The fraction of sp³-hybridized carbons (Fsp3) is 1.00. The third-order valence-electron chi connectivity index (χ3n) is 2.46. The molecule has 2 N–H and O–H groups in total. The molecule has 0 saturated carbocycles. The smallest absolute Gasteiger partial charge is 0.364 e. The zero-order valence-corrected chi connectivity index (χ0v) is 11.9. The molecule has 3 aliphatic rings. The maximum absolute atomic E-state index is 5.80. The largest absolute Gasteiger partial charge is 0.573 e. The molecule has 5 nitrogen and oxygen atoms in total. The highest BCUT2D eigenvalue weighted by molar-refractivity contribution is 8.26. The second-order valence-corrected chi connectivity index (χ2v) is 8.45. The third-order valence-corrected chi connectivity index (χ3v) is 7.66. The van der Waals surface area contributed by atoms with E-state index in [2.05, 4.69) is 4.90 Å². The van der Waals surface area contributed by atoms with Gasteiger partial charge in [0, 0.05) is 31.9 Å². The third kappa shape index (κ3) is 3.85. The Kier molecular flexibility index (Phi) is 6.60. The van der Waals surface area contributed by atoms with Gasteiger partial charge in [-0.2, -0.15) is 0 Å². The SMILES string of the molecule is Cl.NCCS[Si]12OCCN(CCO1)CCO2. The first kappa shape index (κ1) is 14.7. The second kappa shape index (κ2) is 7.17. The van der Waals surface area contributed by atoms with Gasteiger partial charge in [-0.15, -0.1) is 12.4 Å². The van der Waals surface area contributed by atoms with Crippen molar-refractivity contribution in [1.29, 1.82) is 0 Å². The number of nitrogens with two attached hydrogens (primary N) is 1. The number of halogens is 1. The second-order valence-electron chi connectivity index (χ2n) is 3.52. The van der Waals surface area contributed by atoms with Gasteiger partial charge in [-0.3, -0.25) is 4.90 Å². The van der Waals surface area contributed by atoms with E-state index in [-0.39, 0.29) is 12.4 Å². The van der Waals surface area contributed by atoms with Crippen LogP contribution in [0.2, 0.25) is 0 Å². The van der Waals surface area contributed by atoms with Crippen molar-refractivity contribution in [1.82, 2.24) is 4.90 Å². The molecule has 0 atom stereocenters. The summed E-state index contributed by atoms with van der Waals surface area (Å²) in [7, 11) is -2.44. The topological polar surface area (TPSA) is 57.0 Å². The van der Waals surface area contributed by atoms with Crippen molar-refractivity contribution in [2.45, 2.75) is 0 Å². The Balaban J connectivity index is 0.00000128. The lowest BCUT2D eigenvalue weighted by Gasteiger charge is -2.37. The molecule has 3 rings (SSSR count).